The van der Waals surface area contributed by atoms with Crippen LogP contribution in [0.15, 0.2) is 23.1 Å². The molecule has 3 amide bonds. The molecule has 1 saturated heterocycles. The minimum Gasteiger partial charge on any atom is -0.337 e. The molecule has 0 saturated carbocycles. The first-order valence-electron chi connectivity index (χ1n) is 7.15. The molecule has 2 aliphatic rings. The van der Waals surface area contributed by atoms with Gasteiger partial charge >= 0.3 is 6.03 Å². The van der Waals surface area contributed by atoms with E-state index in [1.165, 1.54) is 4.90 Å². The number of urea groups is 1. The molecule has 0 bridgehead atoms. The average molecular weight is 322 g/mol. The van der Waals surface area contributed by atoms with E-state index >= 15 is 0 Å². The number of nitrogens with zero attached hydrogens (tertiary/aromatic N) is 1. The molecular formula is C15H18N2O4S. The lowest BCUT2D eigenvalue weighted by Gasteiger charge is -2.36. The maximum absolute atomic E-state index is 12.4. The summed E-state index contributed by atoms with van der Waals surface area (Å²) < 4.78 is 23.6. The number of fused-ring (bicyclic) bond motifs is 1. The van der Waals surface area contributed by atoms with Gasteiger partial charge in [-0.25, -0.2) is 13.2 Å². The number of hydrogen-bond donors (Lipinski definition) is 1. The molecule has 7 heteroatoms. The SMILES string of the molecule is CC1(C)CNC(=O)N(Cc2ccc3c(c2)CCS3(=O)=O)C1=O. The Morgan fingerprint density at radius 1 is 1.27 bits per heavy atom. The Morgan fingerprint density at radius 3 is 2.73 bits per heavy atom. The topological polar surface area (TPSA) is 83.6 Å². The smallest absolute Gasteiger partial charge is 0.324 e. The molecule has 1 fully saturated rings. The van der Waals surface area contributed by atoms with Crippen molar-refractivity contribution < 1.29 is 18.0 Å². The van der Waals surface area contributed by atoms with Crippen molar-refractivity contribution in [3.05, 3.63) is 29.3 Å². The molecule has 2 aliphatic heterocycles. The minimum atomic E-state index is -3.16. The minimum absolute atomic E-state index is 0.127. The highest BCUT2D eigenvalue weighted by Crippen LogP contribution is 2.28. The number of hydrogen-bond acceptors (Lipinski definition) is 4. The lowest BCUT2D eigenvalue weighted by molar-refractivity contribution is -0.139. The van der Waals surface area contributed by atoms with Gasteiger partial charge in [0.25, 0.3) is 0 Å². The van der Waals surface area contributed by atoms with E-state index in [2.05, 4.69) is 5.32 Å². The highest BCUT2D eigenvalue weighted by Gasteiger charge is 2.40. The first-order chi connectivity index (χ1) is 10.2. The summed E-state index contributed by atoms with van der Waals surface area (Å²) in [7, 11) is -3.16. The van der Waals surface area contributed by atoms with Gasteiger partial charge in [-0.15, -0.1) is 0 Å². The van der Waals surface area contributed by atoms with Crippen molar-refractivity contribution >= 4 is 21.8 Å². The number of carbonyl (C=O) groups is 2. The van der Waals surface area contributed by atoms with Gasteiger partial charge in [0.1, 0.15) is 0 Å². The van der Waals surface area contributed by atoms with Gasteiger partial charge in [-0.3, -0.25) is 9.69 Å². The van der Waals surface area contributed by atoms with Crippen molar-refractivity contribution in [2.75, 3.05) is 12.3 Å². The van der Waals surface area contributed by atoms with Crippen molar-refractivity contribution in [1.82, 2.24) is 10.2 Å². The molecule has 0 radical (unpaired) electrons. The quantitative estimate of drug-likeness (QED) is 0.883. The highest BCUT2D eigenvalue weighted by molar-refractivity contribution is 7.91. The second-order valence-electron chi connectivity index (χ2n) is 6.44. The molecule has 118 valence electrons. The van der Waals surface area contributed by atoms with Crippen LogP contribution in [0.3, 0.4) is 0 Å². The van der Waals surface area contributed by atoms with Gasteiger partial charge in [0.2, 0.25) is 5.91 Å². The predicted octanol–water partition coefficient (Wildman–Crippen LogP) is 1.09. The van der Waals surface area contributed by atoms with Crippen LogP contribution in [-0.4, -0.2) is 37.6 Å². The number of rotatable bonds is 2. The summed E-state index contributed by atoms with van der Waals surface area (Å²) in [6, 6.07) is 4.62. The zero-order chi connectivity index (χ0) is 16.1. The molecule has 6 nitrogen and oxygen atoms in total. The Labute approximate surface area is 129 Å². The highest BCUT2D eigenvalue weighted by atomic mass is 32.2. The fourth-order valence-electron chi connectivity index (χ4n) is 2.84. The summed E-state index contributed by atoms with van der Waals surface area (Å²) in [5, 5.41) is 2.71. The molecule has 0 aliphatic carbocycles. The Balaban J connectivity index is 1.88. The zero-order valence-electron chi connectivity index (χ0n) is 12.5. The maximum atomic E-state index is 12.4. The van der Waals surface area contributed by atoms with Crippen molar-refractivity contribution in [2.45, 2.75) is 31.7 Å². The fraction of sp³-hybridized carbons (Fsp3) is 0.467. The van der Waals surface area contributed by atoms with Gasteiger partial charge < -0.3 is 5.32 Å². The van der Waals surface area contributed by atoms with E-state index in [0.717, 1.165) is 11.1 Å². The maximum Gasteiger partial charge on any atom is 0.324 e. The van der Waals surface area contributed by atoms with Crippen LogP contribution in [0.2, 0.25) is 0 Å². The number of sulfone groups is 1. The fourth-order valence-corrected chi connectivity index (χ4v) is 4.38. The summed E-state index contributed by atoms with van der Waals surface area (Å²) in [4.78, 5) is 25.9. The molecule has 1 N–H and O–H groups in total. The van der Waals surface area contributed by atoms with Crippen LogP contribution >= 0.6 is 0 Å². The first kappa shape index (κ1) is 15.0. The zero-order valence-corrected chi connectivity index (χ0v) is 13.4. The van der Waals surface area contributed by atoms with Crippen LogP contribution in [0.25, 0.3) is 0 Å². The third kappa shape index (κ3) is 2.39. The normalized spacial score (nSPS) is 22.4. The third-order valence-electron chi connectivity index (χ3n) is 4.19. The summed E-state index contributed by atoms with van der Waals surface area (Å²) in [5.41, 5.74) is 0.896. The molecular weight excluding hydrogens is 304 g/mol. The van der Waals surface area contributed by atoms with E-state index in [9.17, 15) is 18.0 Å². The molecule has 0 spiro atoms. The molecule has 3 rings (SSSR count). The van der Waals surface area contributed by atoms with Gasteiger partial charge in [0.05, 0.1) is 22.6 Å². The van der Waals surface area contributed by atoms with E-state index in [0.29, 0.717) is 17.9 Å². The molecule has 0 atom stereocenters. The van der Waals surface area contributed by atoms with Gasteiger partial charge in [-0.2, -0.15) is 0 Å². The van der Waals surface area contributed by atoms with Crippen molar-refractivity contribution in [1.29, 1.82) is 0 Å². The number of carbonyl (C=O) groups excluding carboxylic acids is 2. The van der Waals surface area contributed by atoms with E-state index in [4.69, 9.17) is 0 Å². The standard InChI is InChI=1S/C15H18N2O4S/c1-15(2)9-16-14(19)17(13(15)18)8-10-3-4-12-11(7-10)5-6-22(12,20)21/h3-4,7H,5-6,8-9H2,1-2H3,(H,16,19). The monoisotopic (exact) mass is 322 g/mol. The Hall–Kier alpha value is -1.89. The van der Waals surface area contributed by atoms with Crippen LogP contribution in [0.4, 0.5) is 4.79 Å². The molecule has 0 unspecified atom stereocenters. The van der Waals surface area contributed by atoms with Crippen LogP contribution in [0.1, 0.15) is 25.0 Å². The lowest BCUT2D eigenvalue weighted by atomic mass is 9.89. The van der Waals surface area contributed by atoms with Crippen LogP contribution in [-0.2, 0) is 27.6 Å². The lowest BCUT2D eigenvalue weighted by Crippen LogP contribution is -2.58. The molecule has 22 heavy (non-hydrogen) atoms. The van der Waals surface area contributed by atoms with Crippen LogP contribution in [0.5, 0.6) is 0 Å². The Morgan fingerprint density at radius 2 is 2.00 bits per heavy atom. The summed E-state index contributed by atoms with van der Waals surface area (Å²) in [6.07, 6.45) is 0.483. The second kappa shape index (κ2) is 4.81. The summed E-state index contributed by atoms with van der Waals surface area (Å²) in [5.74, 6) is -0.0912. The number of nitrogens with one attached hydrogen (secondary N) is 1. The predicted molar refractivity (Wildman–Crippen MR) is 79.9 cm³/mol. The van der Waals surface area contributed by atoms with Crippen molar-refractivity contribution in [3.63, 3.8) is 0 Å². The van der Waals surface area contributed by atoms with Crippen molar-refractivity contribution in [2.24, 2.45) is 5.41 Å². The van der Waals surface area contributed by atoms with Gasteiger partial charge in [-0.1, -0.05) is 12.1 Å². The average Bonchev–Trinajstić information content (AvgIpc) is 2.75. The molecule has 0 aromatic heterocycles. The first-order valence-corrected chi connectivity index (χ1v) is 8.80. The van der Waals surface area contributed by atoms with Crippen molar-refractivity contribution in [3.8, 4) is 0 Å². The summed E-state index contributed by atoms with van der Waals surface area (Å²) >= 11 is 0. The number of amides is 3. The Bertz CT molecular complexity index is 768. The number of imide groups is 1. The van der Waals surface area contributed by atoms with Gasteiger partial charge in [0.15, 0.2) is 9.84 Å². The van der Waals surface area contributed by atoms with E-state index in [1.54, 1.807) is 32.0 Å². The molecule has 1 aromatic carbocycles. The van der Waals surface area contributed by atoms with Crippen LogP contribution < -0.4 is 5.32 Å². The largest absolute Gasteiger partial charge is 0.337 e. The van der Waals surface area contributed by atoms with Gasteiger partial charge in [-0.05, 0) is 37.5 Å². The van der Waals surface area contributed by atoms with Gasteiger partial charge in [0, 0.05) is 6.54 Å². The van der Waals surface area contributed by atoms with E-state index in [-0.39, 0.29) is 18.2 Å². The molecule has 2 heterocycles. The second-order valence-corrected chi connectivity index (χ2v) is 8.52. The Kier molecular flexibility index (Phi) is 3.28. The third-order valence-corrected chi connectivity index (χ3v) is 6.00. The molecule has 1 aromatic rings. The van der Waals surface area contributed by atoms with E-state index < -0.39 is 21.3 Å². The number of benzene rings is 1. The summed E-state index contributed by atoms with van der Waals surface area (Å²) in [6.45, 7) is 4.05. The van der Waals surface area contributed by atoms with Crippen LogP contribution in [0, 0.1) is 5.41 Å². The number of aryl methyl sites for hydroxylation is 1. The van der Waals surface area contributed by atoms with E-state index in [1.807, 2.05) is 0 Å².